The molecule has 0 fully saturated rings. The average Bonchev–Trinajstić information content (AvgIpc) is 2.75. The standard InChI is InChI=1S/C25H34BrN3O5S/c1-17-14-20(10-13-22(17)26)29(35(7,32)33)16-23(30)28(18(2)24(31)27-25(3,4)5)15-19-8-11-21(34-6)12-9-19/h8-14,18H,15-16H2,1-7H3,(H,27,31)/t18-/m0/s1. The van der Waals surface area contributed by atoms with Crippen molar-refractivity contribution in [2.45, 2.75) is 52.7 Å². The number of nitrogens with one attached hydrogen (secondary N) is 1. The summed E-state index contributed by atoms with van der Waals surface area (Å²) in [7, 11) is -2.22. The van der Waals surface area contributed by atoms with Crippen LogP contribution in [0.25, 0.3) is 0 Å². The molecule has 8 nitrogen and oxygen atoms in total. The van der Waals surface area contributed by atoms with Crippen molar-refractivity contribution in [1.29, 1.82) is 0 Å². The van der Waals surface area contributed by atoms with Gasteiger partial charge in [-0.3, -0.25) is 13.9 Å². The highest BCUT2D eigenvalue weighted by Gasteiger charge is 2.31. The van der Waals surface area contributed by atoms with Crippen molar-refractivity contribution in [3.05, 3.63) is 58.1 Å². The van der Waals surface area contributed by atoms with Gasteiger partial charge in [-0.15, -0.1) is 0 Å². The van der Waals surface area contributed by atoms with Gasteiger partial charge in [0.15, 0.2) is 0 Å². The number of aryl methyl sites for hydroxylation is 1. The van der Waals surface area contributed by atoms with E-state index in [1.807, 2.05) is 27.7 Å². The first kappa shape index (κ1) is 28.6. The van der Waals surface area contributed by atoms with Gasteiger partial charge in [0.1, 0.15) is 18.3 Å². The van der Waals surface area contributed by atoms with E-state index < -0.39 is 34.1 Å². The van der Waals surface area contributed by atoms with Crippen molar-refractivity contribution in [2.75, 3.05) is 24.2 Å². The van der Waals surface area contributed by atoms with E-state index in [1.54, 1.807) is 56.5 Å². The summed E-state index contributed by atoms with van der Waals surface area (Å²) >= 11 is 3.41. The van der Waals surface area contributed by atoms with Crippen LogP contribution in [-0.2, 0) is 26.2 Å². The number of benzene rings is 2. The Kier molecular flexibility index (Phi) is 9.36. The molecule has 10 heteroatoms. The number of amides is 2. The maximum Gasteiger partial charge on any atom is 0.244 e. The fraction of sp³-hybridized carbons (Fsp3) is 0.440. The Hall–Kier alpha value is -2.59. The molecule has 1 atom stereocenters. The van der Waals surface area contributed by atoms with Crippen LogP contribution in [0.1, 0.15) is 38.8 Å². The van der Waals surface area contributed by atoms with Crippen molar-refractivity contribution in [3.63, 3.8) is 0 Å². The first-order valence-electron chi connectivity index (χ1n) is 11.1. The Balaban J connectivity index is 2.42. The van der Waals surface area contributed by atoms with E-state index in [0.717, 1.165) is 26.2 Å². The molecule has 1 N–H and O–H groups in total. The quantitative estimate of drug-likeness (QED) is 0.496. The summed E-state index contributed by atoms with van der Waals surface area (Å²) < 4.78 is 32.4. The fourth-order valence-corrected chi connectivity index (χ4v) is 4.47. The molecule has 192 valence electrons. The summed E-state index contributed by atoms with van der Waals surface area (Å²) in [5, 5.41) is 2.90. The predicted octanol–water partition coefficient (Wildman–Crippen LogP) is 3.86. The third kappa shape index (κ3) is 8.24. The van der Waals surface area contributed by atoms with Crippen molar-refractivity contribution in [1.82, 2.24) is 10.2 Å². The number of ether oxygens (including phenoxy) is 1. The molecule has 0 radical (unpaired) electrons. The lowest BCUT2D eigenvalue weighted by Crippen LogP contribution is -2.54. The Morgan fingerprint density at radius 2 is 1.71 bits per heavy atom. The van der Waals surface area contributed by atoms with Gasteiger partial charge in [0.2, 0.25) is 21.8 Å². The first-order chi connectivity index (χ1) is 16.1. The number of anilines is 1. The minimum atomic E-state index is -3.78. The highest BCUT2D eigenvalue weighted by Crippen LogP contribution is 2.25. The molecule has 0 aliphatic heterocycles. The second kappa shape index (κ2) is 11.4. The maximum atomic E-state index is 13.6. The van der Waals surface area contributed by atoms with Gasteiger partial charge in [0, 0.05) is 16.6 Å². The van der Waals surface area contributed by atoms with Gasteiger partial charge in [-0.25, -0.2) is 8.42 Å². The molecule has 0 aliphatic rings. The van der Waals surface area contributed by atoms with E-state index in [0.29, 0.717) is 11.4 Å². The van der Waals surface area contributed by atoms with Crippen LogP contribution >= 0.6 is 15.9 Å². The number of carbonyl (C=O) groups is 2. The van der Waals surface area contributed by atoms with E-state index >= 15 is 0 Å². The van der Waals surface area contributed by atoms with Crippen LogP contribution in [0.5, 0.6) is 5.75 Å². The Morgan fingerprint density at radius 1 is 1.11 bits per heavy atom. The average molecular weight is 569 g/mol. The molecule has 0 heterocycles. The smallest absolute Gasteiger partial charge is 0.244 e. The van der Waals surface area contributed by atoms with E-state index in [4.69, 9.17) is 4.74 Å². The monoisotopic (exact) mass is 567 g/mol. The minimum absolute atomic E-state index is 0.124. The molecule has 2 aromatic carbocycles. The molecule has 0 aliphatic carbocycles. The zero-order valence-electron chi connectivity index (χ0n) is 21.3. The summed E-state index contributed by atoms with van der Waals surface area (Å²) in [5.74, 6) is -0.160. The molecule has 0 unspecified atom stereocenters. The molecule has 0 saturated carbocycles. The van der Waals surface area contributed by atoms with Crippen molar-refractivity contribution in [2.24, 2.45) is 0 Å². The topological polar surface area (TPSA) is 96.0 Å². The number of methoxy groups -OCH3 is 1. The zero-order chi connectivity index (χ0) is 26.6. The largest absolute Gasteiger partial charge is 0.497 e. The van der Waals surface area contributed by atoms with Gasteiger partial charge in [0.25, 0.3) is 0 Å². The van der Waals surface area contributed by atoms with Crippen LogP contribution in [0.4, 0.5) is 5.69 Å². The van der Waals surface area contributed by atoms with Crippen molar-refractivity contribution >= 4 is 43.5 Å². The highest BCUT2D eigenvalue weighted by atomic mass is 79.9. The van der Waals surface area contributed by atoms with Crippen LogP contribution in [0.2, 0.25) is 0 Å². The lowest BCUT2D eigenvalue weighted by molar-refractivity contribution is -0.140. The van der Waals surface area contributed by atoms with Crippen LogP contribution in [-0.4, -0.2) is 56.6 Å². The zero-order valence-corrected chi connectivity index (χ0v) is 23.7. The van der Waals surface area contributed by atoms with Gasteiger partial charge >= 0.3 is 0 Å². The molecule has 0 bridgehead atoms. The third-order valence-corrected chi connectivity index (χ3v) is 7.32. The Bertz CT molecular complexity index is 1160. The van der Waals surface area contributed by atoms with Crippen LogP contribution in [0.15, 0.2) is 46.9 Å². The normalized spacial score (nSPS) is 12.6. The Labute approximate surface area is 216 Å². The third-order valence-electron chi connectivity index (χ3n) is 5.29. The highest BCUT2D eigenvalue weighted by molar-refractivity contribution is 9.10. The first-order valence-corrected chi connectivity index (χ1v) is 13.7. The number of hydrogen-bond acceptors (Lipinski definition) is 5. The second-order valence-corrected chi connectivity index (χ2v) is 12.2. The number of halogens is 1. The van der Waals surface area contributed by atoms with Crippen molar-refractivity contribution < 1.29 is 22.7 Å². The lowest BCUT2D eigenvalue weighted by atomic mass is 10.1. The van der Waals surface area contributed by atoms with Crippen LogP contribution in [0.3, 0.4) is 0 Å². The molecule has 2 aromatic rings. The summed E-state index contributed by atoms with van der Waals surface area (Å²) in [6, 6.07) is 11.4. The summed E-state index contributed by atoms with van der Waals surface area (Å²) in [4.78, 5) is 27.9. The van der Waals surface area contributed by atoms with Crippen molar-refractivity contribution in [3.8, 4) is 5.75 Å². The van der Waals surface area contributed by atoms with Gasteiger partial charge in [-0.05, 0) is 76.1 Å². The van der Waals surface area contributed by atoms with Gasteiger partial charge in [-0.2, -0.15) is 0 Å². The number of sulfonamides is 1. The summed E-state index contributed by atoms with van der Waals surface area (Å²) in [5.41, 5.74) is 1.49. The number of rotatable bonds is 9. The SMILES string of the molecule is COc1ccc(CN(C(=O)CN(c2ccc(Br)c(C)c2)S(C)(=O)=O)[C@@H](C)C(=O)NC(C)(C)C)cc1. The van der Waals surface area contributed by atoms with E-state index in [-0.39, 0.29) is 12.5 Å². The maximum absolute atomic E-state index is 13.6. The number of carbonyl (C=O) groups excluding carboxylic acids is 2. The van der Waals surface area contributed by atoms with Gasteiger partial charge in [0.05, 0.1) is 19.1 Å². The predicted molar refractivity (Wildman–Crippen MR) is 142 cm³/mol. The van der Waals surface area contributed by atoms with Crippen LogP contribution < -0.4 is 14.4 Å². The molecule has 2 amide bonds. The van der Waals surface area contributed by atoms with E-state index in [9.17, 15) is 18.0 Å². The van der Waals surface area contributed by atoms with E-state index in [1.165, 1.54) is 4.90 Å². The minimum Gasteiger partial charge on any atom is -0.497 e. The Morgan fingerprint density at radius 3 is 2.20 bits per heavy atom. The lowest BCUT2D eigenvalue weighted by Gasteiger charge is -2.33. The molecule has 2 rings (SSSR count). The van der Waals surface area contributed by atoms with Crippen LogP contribution in [0, 0.1) is 6.92 Å². The molecule has 0 aromatic heterocycles. The number of nitrogens with zero attached hydrogens (tertiary/aromatic N) is 2. The van der Waals surface area contributed by atoms with E-state index in [2.05, 4.69) is 21.2 Å². The molecule has 0 spiro atoms. The van der Waals surface area contributed by atoms with Gasteiger partial charge < -0.3 is 15.0 Å². The molecular formula is C25H34BrN3O5S. The summed E-state index contributed by atoms with van der Waals surface area (Å²) in [6.45, 7) is 8.72. The molecule has 0 saturated heterocycles. The number of hydrogen-bond donors (Lipinski definition) is 1. The second-order valence-electron chi connectivity index (χ2n) is 9.49. The molecule has 35 heavy (non-hydrogen) atoms. The summed E-state index contributed by atoms with van der Waals surface area (Å²) in [6.07, 6.45) is 1.06. The fourth-order valence-electron chi connectivity index (χ4n) is 3.38. The molecular weight excluding hydrogens is 534 g/mol. The van der Waals surface area contributed by atoms with Gasteiger partial charge in [-0.1, -0.05) is 28.1 Å².